The van der Waals surface area contributed by atoms with Crippen LogP contribution < -0.4 is 11.0 Å². The first-order valence-electron chi connectivity index (χ1n) is 13.7. The summed E-state index contributed by atoms with van der Waals surface area (Å²) in [6, 6.07) is 32.9. The maximum atomic E-state index is 5.31. The van der Waals surface area contributed by atoms with Crippen LogP contribution in [0.25, 0.3) is 21.5 Å². The topological polar surface area (TPSA) is 84.0 Å². The van der Waals surface area contributed by atoms with Gasteiger partial charge in [-0.15, -0.1) is 0 Å². The molecule has 11 heteroatoms. The van der Waals surface area contributed by atoms with Gasteiger partial charge in [0.05, 0.1) is 0 Å². The van der Waals surface area contributed by atoms with E-state index >= 15 is 0 Å². The van der Waals surface area contributed by atoms with Crippen molar-refractivity contribution in [2.75, 3.05) is 0 Å². The zero-order valence-corrected chi connectivity index (χ0v) is 28.1. The number of aromatic nitrogens is 2. The molecule has 0 spiro atoms. The summed E-state index contributed by atoms with van der Waals surface area (Å²) in [5, 5.41) is 3.94. The molecule has 0 aliphatic carbocycles. The molecule has 0 amide bonds. The first-order valence-corrected chi connectivity index (χ1v) is 29.1. The minimum absolute atomic E-state index is 0.632. The van der Waals surface area contributed by atoms with Crippen LogP contribution in [0.5, 0.6) is 0 Å². The van der Waals surface area contributed by atoms with E-state index in [0.29, 0.717) is 23.3 Å². The average Bonchev–Trinajstić information content (AvgIpc) is 3.74. The van der Waals surface area contributed by atoms with E-state index in [1.54, 1.807) is 0 Å². The van der Waals surface area contributed by atoms with Gasteiger partial charge in [-0.1, -0.05) is 0 Å². The van der Waals surface area contributed by atoms with E-state index in [9.17, 15) is 0 Å². The predicted molar refractivity (Wildman–Crippen MR) is 179 cm³/mol. The van der Waals surface area contributed by atoms with Crippen molar-refractivity contribution in [1.29, 1.82) is 0 Å². The number of nitrogens with zero attached hydrogens (tertiary/aromatic N) is 8. The molecule has 43 heavy (non-hydrogen) atoms. The zero-order chi connectivity index (χ0) is 28.4. The average molecular weight is 791 g/mol. The number of benzene rings is 4. The summed E-state index contributed by atoms with van der Waals surface area (Å²) in [6.45, 7) is 0. The van der Waals surface area contributed by atoms with Crippen molar-refractivity contribution in [3.63, 3.8) is 0 Å². The predicted octanol–water partition coefficient (Wildman–Crippen LogP) is 6.16. The number of hydrogen-bond donors (Lipinski definition) is 0. The number of fused-ring (bicyclic) bond motifs is 14. The van der Waals surface area contributed by atoms with E-state index in [1.165, 1.54) is 0 Å². The summed E-state index contributed by atoms with van der Waals surface area (Å²) < 4.78 is 4.53. The minimum atomic E-state index is -4.22. The Morgan fingerprint density at radius 1 is 0.395 bits per heavy atom. The summed E-state index contributed by atoms with van der Waals surface area (Å²) in [4.78, 5) is 31.3. The summed E-state index contributed by atoms with van der Waals surface area (Å²) in [6.07, 6.45) is 0. The molecule has 0 fully saturated rings. The van der Waals surface area contributed by atoms with E-state index in [4.69, 9.17) is 30.0 Å². The van der Waals surface area contributed by atoms with Crippen molar-refractivity contribution in [1.82, 2.24) is 5.58 Å². The Morgan fingerprint density at radius 2 is 0.744 bits per heavy atom. The normalized spacial score (nSPS) is 16.8. The first kappa shape index (κ1) is 24.4. The molecule has 10 rings (SSSR count). The van der Waals surface area contributed by atoms with E-state index in [1.807, 2.05) is 48.5 Å². The SMILES string of the molecule is [Br][Sn]1([Br])[n]2c3c4ccccc4c2N=C2N=C(N=c4c5ccccc5c([n]41)=NC1=NC(=N3)c3ccccc31)c1ccccc12. The van der Waals surface area contributed by atoms with Crippen molar-refractivity contribution in [3.05, 3.63) is 130 Å². The van der Waals surface area contributed by atoms with E-state index in [-0.39, 0.29) is 0 Å². The Bertz CT molecular complexity index is 2390. The van der Waals surface area contributed by atoms with Crippen molar-refractivity contribution in [2.45, 2.75) is 0 Å². The van der Waals surface area contributed by atoms with Crippen molar-refractivity contribution in [3.8, 4) is 0 Å². The van der Waals surface area contributed by atoms with Gasteiger partial charge in [0, 0.05) is 0 Å². The summed E-state index contributed by atoms with van der Waals surface area (Å²) in [7, 11) is 0. The number of aliphatic imine (C=N–C) groups is 4. The monoisotopic (exact) mass is 790 g/mol. The van der Waals surface area contributed by atoms with Gasteiger partial charge in [-0.25, -0.2) is 0 Å². The van der Waals surface area contributed by atoms with E-state index in [0.717, 1.165) is 66.4 Å². The van der Waals surface area contributed by atoms with Gasteiger partial charge in [-0.05, 0) is 0 Å². The third-order valence-corrected chi connectivity index (χ3v) is 23.3. The summed E-state index contributed by atoms with van der Waals surface area (Å²) >= 11 is 4.45. The molecule has 6 bridgehead atoms. The van der Waals surface area contributed by atoms with Gasteiger partial charge in [0.15, 0.2) is 0 Å². The fourth-order valence-electron chi connectivity index (χ4n) is 6.41. The maximum absolute atomic E-state index is 5.31. The Kier molecular flexibility index (Phi) is 4.86. The molecule has 0 radical (unpaired) electrons. The molecule has 0 N–H and O–H groups in total. The van der Waals surface area contributed by atoms with Crippen LogP contribution in [-0.2, 0) is 0 Å². The summed E-state index contributed by atoms with van der Waals surface area (Å²) in [5.74, 6) is 4.09. The molecule has 0 atom stereocenters. The standard InChI is InChI=1S/C32H16N8.2BrH.Sn/c1-2-10-18-17(9-1)25-33-26(18)38-28-21-13-5-6-14-22(21)30(35-28)40-32-24-16-8-7-15-23(24)31(36-32)39-29-20-12-4-3-11-19(20)27(34-29)37-25;;;/h1-16H;2*1H;/q-2;;;+4/p-2. The van der Waals surface area contributed by atoms with Crippen LogP contribution >= 0.6 is 25.4 Å². The van der Waals surface area contributed by atoms with Crippen LogP contribution in [0.1, 0.15) is 22.3 Å². The van der Waals surface area contributed by atoms with E-state index < -0.39 is 14.5 Å². The Labute approximate surface area is 260 Å². The van der Waals surface area contributed by atoms with Gasteiger partial charge < -0.3 is 0 Å². The third-order valence-electron chi connectivity index (χ3n) is 8.29. The molecule has 4 aliphatic rings. The Morgan fingerprint density at radius 3 is 1.16 bits per heavy atom. The Balaban J connectivity index is 1.53. The molecular formula is C32H16Br2N8Sn. The third kappa shape index (κ3) is 3.20. The molecule has 0 unspecified atom stereocenters. The van der Waals surface area contributed by atoms with Gasteiger partial charge >= 0.3 is 262 Å². The molecule has 6 aromatic rings. The van der Waals surface area contributed by atoms with Crippen LogP contribution in [0.2, 0.25) is 0 Å². The van der Waals surface area contributed by atoms with Gasteiger partial charge in [0.2, 0.25) is 0 Å². The number of hydrogen-bond acceptors (Lipinski definition) is 6. The second-order valence-electron chi connectivity index (χ2n) is 10.6. The van der Waals surface area contributed by atoms with Crippen molar-refractivity contribution >= 4 is 96.4 Å². The van der Waals surface area contributed by atoms with Crippen LogP contribution in [-0.4, -0.2) is 43.4 Å². The Hall–Kier alpha value is -4.00. The number of amidine groups is 4. The fraction of sp³-hybridized carbons (Fsp3) is 0. The second kappa shape index (κ2) is 8.55. The first-order chi connectivity index (χ1) is 21.1. The van der Waals surface area contributed by atoms with Crippen LogP contribution in [0, 0.1) is 0 Å². The second-order valence-corrected chi connectivity index (χ2v) is 38.1. The molecule has 0 saturated carbocycles. The van der Waals surface area contributed by atoms with Gasteiger partial charge in [-0.3, -0.25) is 0 Å². The van der Waals surface area contributed by atoms with Crippen LogP contribution in [0.3, 0.4) is 0 Å². The summed E-state index contributed by atoms with van der Waals surface area (Å²) in [5.41, 5.74) is 5.37. The molecule has 2 aromatic heterocycles. The molecule has 0 saturated heterocycles. The van der Waals surface area contributed by atoms with Gasteiger partial charge in [0.25, 0.3) is 0 Å². The van der Waals surface area contributed by atoms with Gasteiger partial charge in [0.1, 0.15) is 0 Å². The van der Waals surface area contributed by atoms with Gasteiger partial charge in [-0.2, -0.15) is 0 Å². The fourth-order valence-corrected chi connectivity index (χ4v) is 20.8. The van der Waals surface area contributed by atoms with Crippen LogP contribution in [0.15, 0.2) is 127 Å². The van der Waals surface area contributed by atoms with Crippen molar-refractivity contribution < 1.29 is 0 Å². The molecule has 202 valence electrons. The quantitative estimate of drug-likeness (QED) is 0.165. The van der Waals surface area contributed by atoms with Crippen LogP contribution in [0.4, 0.5) is 11.6 Å². The number of rotatable bonds is 0. The number of halogens is 2. The van der Waals surface area contributed by atoms with E-state index in [2.05, 4.69) is 79.5 Å². The molecule has 4 aliphatic heterocycles. The molecule has 6 heterocycles. The molecule has 8 nitrogen and oxygen atoms in total. The molecular weight excluding hydrogens is 775 g/mol. The zero-order valence-electron chi connectivity index (χ0n) is 22.1. The van der Waals surface area contributed by atoms with Crippen molar-refractivity contribution in [2.24, 2.45) is 30.0 Å². The molecule has 4 aromatic carbocycles.